The van der Waals surface area contributed by atoms with E-state index in [1.807, 2.05) is 24.0 Å². The zero-order valence-corrected chi connectivity index (χ0v) is 15.6. The van der Waals surface area contributed by atoms with Crippen LogP contribution in [-0.4, -0.2) is 45.1 Å². The second-order valence-electron chi connectivity index (χ2n) is 7.64. The monoisotopic (exact) mass is 364 g/mol. The van der Waals surface area contributed by atoms with E-state index in [2.05, 4.69) is 20.9 Å². The van der Waals surface area contributed by atoms with Crippen LogP contribution >= 0.6 is 0 Å². The zero-order valence-electron chi connectivity index (χ0n) is 15.6. The molecule has 2 aliphatic carbocycles. The van der Waals surface area contributed by atoms with Crippen molar-refractivity contribution in [3.63, 3.8) is 0 Å². The minimum atomic E-state index is 0.102. The van der Waals surface area contributed by atoms with Gasteiger partial charge in [-0.25, -0.2) is 9.97 Å². The summed E-state index contributed by atoms with van der Waals surface area (Å²) < 4.78 is 1.97. The third-order valence-electron chi connectivity index (χ3n) is 6.00. The summed E-state index contributed by atoms with van der Waals surface area (Å²) in [7, 11) is 1.81. The van der Waals surface area contributed by atoms with Crippen molar-refractivity contribution >= 4 is 23.0 Å². The van der Waals surface area contributed by atoms with Crippen LogP contribution in [0.15, 0.2) is 24.7 Å². The van der Waals surface area contributed by atoms with Crippen LogP contribution in [0, 0.1) is 0 Å². The SMILES string of the molecule is CN1C(=O)CN(C2CCCC2)c2nc(-n3ccnc3C3=CCCC3)ncc21. The molecule has 27 heavy (non-hydrogen) atoms. The van der Waals surface area contributed by atoms with Crippen LogP contribution in [-0.2, 0) is 4.79 Å². The summed E-state index contributed by atoms with van der Waals surface area (Å²) in [6.07, 6.45) is 15.8. The van der Waals surface area contributed by atoms with Crippen molar-refractivity contribution in [1.29, 1.82) is 0 Å². The van der Waals surface area contributed by atoms with Crippen molar-refractivity contribution in [1.82, 2.24) is 19.5 Å². The van der Waals surface area contributed by atoms with Gasteiger partial charge in [0.15, 0.2) is 5.82 Å². The van der Waals surface area contributed by atoms with Gasteiger partial charge in [0.2, 0.25) is 11.9 Å². The standard InChI is InChI=1S/C20H24N6O/c1-24-16-12-22-20(25-11-10-21-18(25)14-6-2-3-7-14)23-19(16)26(13-17(24)27)15-8-4-5-9-15/h6,10-12,15H,2-5,7-9,13H2,1H3. The van der Waals surface area contributed by atoms with Gasteiger partial charge in [0.1, 0.15) is 11.5 Å². The molecule has 0 unspecified atom stereocenters. The number of fused-ring (bicyclic) bond motifs is 1. The third kappa shape index (κ3) is 2.72. The number of carbonyl (C=O) groups excluding carboxylic acids is 1. The molecule has 0 spiro atoms. The number of nitrogens with zero attached hydrogens (tertiary/aromatic N) is 6. The lowest BCUT2D eigenvalue weighted by Crippen LogP contribution is -2.48. The maximum Gasteiger partial charge on any atom is 0.246 e. The summed E-state index contributed by atoms with van der Waals surface area (Å²) in [5.74, 6) is 2.53. The van der Waals surface area contributed by atoms with Crippen molar-refractivity contribution in [3.05, 3.63) is 30.5 Å². The van der Waals surface area contributed by atoms with Crippen molar-refractivity contribution in [3.8, 4) is 5.95 Å². The molecule has 1 amide bonds. The molecular formula is C20H24N6O. The van der Waals surface area contributed by atoms with E-state index in [-0.39, 0.29) is 5.91 Å². The molecule has 1 saturated carbocycles. The van der Waals surface area contributed by atoms with Crippen molar-refractivity contribution < 1.29 is 4.79 Å². The number of hydrogen-bond acceptors (Lipinski definition) is 5. The molecule has 0 atom stereocenters. The van der Waals surface area contributed by atoms with Gasteiger partial charge in [0.25, 0.3) is 0 Å². The average Bonchev–Trinajstić information content (AvgIpc) is 3.45. The fraction of sp³-hybridized carbons (Fsp3) is 0.500. The first-order valence-corrected chi connectivity index (χ1v) is 9.86. The molecule has 2 aromatic rings. The lowest BCUT2D eigenvalue weighted by molar-refractivity contribution is -0.117. The second-order valence-corrected chi connectivity index (χ2v) is 7.64. The lowest BCUT2D eigenvalue weighted by Gasteiger charge is -2.37. The van der Waals surface area contributed by atoms with Gasteiger partial charge >= 0.3 is 0 Å². The average molecular weight is 364 g/mol. The molecule has 140 valence electrons. The Morgan fingerprint density at radius 3 is 2.78 bits per heavy atom. The lowest BCUT2D eigenvalue weighted by atomic mass is 10.1. The molecule has 5 rings (SSSR count). The largest absolute Gasteiger partial charge is 0.342 e. The molecule has 0 N–H and O–H groups in total. The molecule has 0 saturated heterocycles. The molecule has 7 heteroatoms. The first-order chi connectivity index (χ1) is 13.2. The Morgan fingerprint density at radius 1 is 1.15 bits per heavy atom. The van der Waals surface area contributed by atoms with E-state index in [0.717, 1.165) is 43.0 Å². The van der Waals surface area contributed by atoms with E-state index in [1.54, 1.807) is 11.1 Å². The highest BCUT2D eigenvalue weighted by atomic mass is 16.2. The third-order valence-corrected chi connectivity index (χ3v) is 6.00. The summed E-state index contributed by atoms with van der Waals surface area (Å²) in [5, 5.41) is 0. The van der Waals surface area contributed by atoms with Gasteiger partial charge in [-0.2, -0.15) is 4.98 Å². The number of rotatable bonds is 3. The highest BCUT2D eigenvalue weighted by Gasteiger charge is 2.34. The summed E-state index contributed by atoms with van der Waals surface area (Å²) >= 11 is 0. The quantitative estimate of drug-likeness (QED) is 0.838. The number of anilines is 2. The van der Waals surface area contributed by atoms with Gasteiger partial charge in [-0.1, -0.05) is 18.9 Å². The summed E-state index contributed by atoms with van der Waals surface area (Å²) in [4.78, 5) is 30.4. The van der Waals surface area contributed by atoms with E-state index in [4.69, 9.17) is 4.98 Å². The minimum absolute atomic E-state index is 0.102. The van der Waals surface area contributed by atoms with Crippen LogP contribution in [0.25, 0.3) is 11.5 Å². The van der Waals surface area contributed by atoms with Crippen molar-refractivity contribution in [2.75, 3.05) is 23.4 Å². The molecule has 0 aromatic carbocycles. The molecule has 3 aliphatic rings. The highest BCUT2D eigenvalue weighted by molar-refractivity contribution is 6.01. The second kappa shape index (κ2) is 6.48. The maximum absolute atomic E-state index is 12.5. The Morgan fingerprint density at radius 2 is 2.00 bits per heavy atom. The number of allylic oxidation sites excluding steroid dienone is 2. The Balaban J connectivity index is 1.58. The van der Waals surface area contributed by atoms with Crippen LogP contribution in [0.1, 0.15) is 50.8 Å². The summed E-state index contributed by atoms with van der Waals surface area (Å²) in [6, 6.07) is 0.393. The van der Waals surface area contributed by atoms with Crippen LogP contribution in [0.5, 0.6) is 0 Å². The smallest absolute Gasteiger partial charge is 0.246 e. The first kappa shape index (κ1) is 16.5. The number of likely N-dealkylation sites (N-methyl/N-ethyl adjacent to an activating group) is 1. The maximum atomic E-state index is 12.5. The molecule has 1 fully saturated rings. The van der Waals surface area contributed by atoms with Crippen LogP contribution in [0.3, 0.4) is 0 Å². The van der Waals surface area contributed by atoms with E-state index < -0.39 is 0 Å². The Kier molecular flexibility index (Phi) is 3.95. The van der Waals surface area contributed by atoms with Gasteiger partial charge < -0.3 is 9.80 Å². The fourth-order valence-electron chi connectivity index (χ4n) is 4.48. The first-order valence-electron chi connectivity index (χ1n) is 9.86. The van der Waals surface area contributed by atoms with E-state index in [0.29, 0.717) is 18.5 Å². The number of aromatic nitrogens is 4. The molecule has 0 bridgehead atoms. The Bertz CT molecular complexity index is 911. The minimum Gasteiger partial charge on any atom is -0.342 e. The number of imidazole rings is 1. The normalized spacial score (nSPS) is 20.3. The van der Waals surface area contributed by atoms with Crippen molar-refractivity contribution in [2.45, 2.75) is 51.0 Å². The Hall–Kier alpha value is -2.70. The van der Waals surface area contributed by atoms with Gasteiger partial charge in [0.05, 0.1) is 12.7 Å². The van der Waals surface area contributed by atoms with Gasteiger partial charge in [-0.3, -0.25) is 9.36 Å². The Labute approximate surface area is 158 Å². The zero-order chi connectivity index (χ0) is 18.4. The van der Waals surface area contributed by atoms with E-state index in [9.17, 15) is 4.79 Å². The predicted octanol–water partition coefficient (Wildman–Crippen LogP) is 2.96. The molecule has 3 heterocycles. The number of carbonyl (C=O) groups is 1. The summed E-state index contributed by atoms with van der Waals surface area (Å²) in [5.41, 5.74) is 2.06. The molecular weight excluding hydrogens is 340 g/mol. The molecule has 2 aromatic heterocycles. The van der Waals surface area contributed by atoms with Crippen LogP contribution < -0.4 is 9.80 Å². The van der Waals surface area contributed by atoms with Crippen molar-refractivity contribution in [2.24, 2.45) is 0 Å². The topological polar surface area (TPSA) is 67.2 Å². The van der Waals surface area contributed by atoms with Gasteiger partial charge in [-0.05, 0) is 37.7 Å². The van der Waals surface area contributed by atoms with Gasteiger partial charge in [0, 0.05) is 25.5 Å². The predicted molar refractivity (Wildman–Crippen MR) is 104 cm³/mol. The molecule has 0 radical (unpaired) electrons. The highest BCUT2D eigenvalue weighted by Crippen LogP contribution is 2.36. The van der Waals surface area contributed by atoms with Gasteiger partial charge in [-0.15, -0.1) is 0 Å². The van der Waals surface area contributed by atoms with E-state index >= 15 is 0 Å². The van der Waals surface area contributed by atoms with Crippen LogP contribution in [0.2, 0.25) is 0 Å². The molecule has 7 nitrogen and oxygen atoms in total. The fourth-order valence-corrected chi connectivity index (χ4v) is 4.48. The summed E-state index contributed by atoms with van der Waals surface area (Å²) in [6.45, 7) is 0.395. The molecule has 1 aliphatic heterocycles. The van der Waals surface area contributed by atoms with Crippen LogP contribution in [0.4, 0.5) is 11.5 Å². The van der Waals surface area contributed by atoms with E-state index in [1.165, 1.54) is 24.8 Å². The number of amides is 1. The number of hydrogen-bond donors (Lipinski definition) is 0.